The molecule has 0 aliphatic heterocycles. The van der Waals surface area contributed by atoms with Gasteiger partial charge in [0.25, 0.3) is 0 Å². The molecule has 0 heterocycles. The summed E-state index contributed by atoms with van der Waals surface area (Å²) in [5, 5.41) is 30.9. The van der Waals surface area contributed by atoms with Crippen molar-refractivity contribution in [3.63, 3.8) is 0 Å². The molecular formula is C30H46N6O9. The highest BCUT2D eigenvalue weighted by atomic mass is 16.4. The van der Waals surface area contributed by atoms with Crippen LogP contribution >= 0.6 is 0 Å². The minimum absolute atomic E-state index is 0.0148. The van der Waals surface area contributed by atoms with Crippen LogP contribution in [-0.2, 0) is 40.0 Å². The summed E-state index contributed by atoms with van der Waals surface area (Å²) >= 11 is 0. The van der Waals surface area contributed by atoms with Crippen molar-refractivity contribution in [3.05, 3.63) is 35.9 Å². The van der Waals surface area contributed by atoms with Gasteiger partial charge < -0.3 is 42.5 Å². The van der Waals surface area contributed by atoms with E-state index < -0.39 is 96.0 Å². The van der Waals surface area contributed by atoms with Crippen molar-refractivity contribution in [2.45, 2.75) is 97.1 Å². The van der Waals surface area contributed by atoms with Crippen molar-refractivity contribution < 1.29 is 43.8 Å². The van der Waals surface area contributed by atoms with E-state index in [-0.39, 0.29) is 12.8 Å². The van der Waals surface area contributed by atoms with Crippen LogP contribution < -0.4 is 32.3 Å². The maximum absolute atomic E-state index is 13.5. The number of hydrogen-bond acceptors (Lipinski definition) is 8. The van der Waals surface area contributed by atoms with Crippen LogP contribution in [0.1, 0.15) is 59.9 Å². The Balaban J connectivity index is 3.18. The SMILES string of the molecule is CC(C)[C@H](NC(=O)[C@H](C)NC(=O)[C@H](Cc1ccccc1)NC(=O)[C@@H](NC(=O)[C@H](CCC(=O)O)NC(=O)[C@H](C)N)C(C)C)C(=O)O. The van der Waals surface area contributed by atoms with E-state index >= 15 is 0 Å². The van der Waals surface area contributed by atoms with Crippen LogP contribution in [0.15, 0.2) is 30.3 Å². The standard InChI is InChI=1S/C30H46N6O9/c1-15(2)23(35-27(41)20(12-13-22(37)38)33-25(39)17(5)31)29(43)34-21(14-19-10-8-7-9-11-19)28(42)32-18(6)26(40)36-24(16(3)4)30(44)45/h7-11,15-18,20-21,23-24H,12-14,31H2,1-6H3,(H,32,42)(H,33,39)(H,34,43)(H,35,41)(H,36,40)(H,37,38)(H,44,45)/t17-,18-,20-,21-,23-,24-/m0/s1. The summed E-state index contributed by atoms with van der Waals surface area (Å²) in [6.07, 6.45) is -0.684. The van der Waals surface area contributed by atoms with Gasteiger partial charge in [-0.3, -0.25) is 28.8 Å². The molecule has 0 spiro atoms. The van der Waals surface area contributed by atoms with Gasteiger partial charge in [0.1, 0.15) is 30.2 Å². The Labute approximate surface area is 262 Å². The second kappa shape index (κ2) is 18.3. The molecular weight excluding hydrogens is 588 g/mol. The van der Waals surface area contributed by atoms with Gasteiger partial charge in [0.2, 0.25) is 29.5 Å². The second-order valence-electron chi connectivity index (χ2n) is 11.6. The molecule has 1 aromatic rings. The van der Waals surface area contributed by atoms with Gasteiger partial charge in [-0.05, 0) is 37.7 Å². The summed E-state index contributed by atoms with van der Waals surface area (Å²) < 4.78 is 0. The third-order valence-corrected chi connectivity index (χ3v) is 6.84. The Morgan fingerprint density at radius 3 is 1.64 bits per heavy atom. The van der Waals surface area contributed by atoms with Crippen LogP contribution in [0.5, 0.6) is 0 Å². The van der Waals surface area contributed by atoms with Crippen molar-refractivity contribution in [2.24, 2.45) is 17.6 Å². The Morgan fingerprint density at radius 2 is 1.16 bits per heavy atom. The molecule has 0 saturated heterocycles. The number of hydrogen-bond donors (Lipinski definition) is 8. The topological polar surface area (TPSA) is 246 Å². The third kappa shape index (κ3) is 13.3. The van der Waals surface area contributed by atoms with E-state index in [0.29, 0.717) is 5.56 Å². The minimum Gasteiger partial charge on any atom is -0.481 e. The fraction of sp³-hybridized carbons (Fsp3) is 0.567. The van der Waals surface area contributed by atoms with E-state index in [0.717, 1.165) is 0 Å². The average molecular weight is 635 g/mol. The minimum atomic E-state index is -1.29. The Hall–Kier alpha value is -4.53. The zero-order valence-electron chi connectivity index (χ0n) is 26.5. The lowest BCUT2D eigenvalue weighted by Gasteiger charge is -2.28. The monoisotopic (exact) mass is 634 g/mol. The van der Waals surface area contributed by atoms with E-state index in [1.807, 2.05) is 0 Å². The molecule has 0 unspecified atom stereocenters. The fourth-order valence-electron chi connectivity index (χ4n) is 4.12. The van der Waals surface area contributed by atoms with Gasteiger partial charge in [0, 0.05) is 12.8 Å². The molecule has 0 aliphatic carbocycles. The summed E-state index contributed by atoms with van der Waals surface area (Å²) in [6.45, 7) is 9.30. The predicted octanol–water partition coefficient (Wildman–Crippen LogP) is -0.718. The number of nitrogens with one attached hydrogen (secondary N) is 5. The number of carbonyl (C=O) groups is 7. The van der Waals surface area contributed by atoms with Crippen molar-refractivity contribution >= 4 is 41.5 Å². The van der Waals surface area contributed by atoms with Crippen LogP contribution in [0, 0.1) is 11.8 Å². The molecule has 15 nitrogen and oxygen atoms in total. The largest absolute Gasteiger partial charge is 0.481 e. The van der Waals surface area contributed by atoms with Gasteiger partial charge in [-0.1, -0.05) is 58.0 Å². The maximum atomic E-state index is 13.5. The Bertz CT molecular complexity index is 1210. The van der Waals surface area contributed by atoms with Crippen LogP contribution in [0.2, 0.25) is 0 Å². The number of aliphatic carboxylic acids is 2. The van der Waals surface area contributed by atoms with Gasteiger partial charge in [0.15, 0.2) is 0 Å². The normalized spacial score (nSPS) is 15.0. The molecule has 9 N–H and O–H groups in total. The predicted molar refractivity (Wildman–Crippen MR) is 163 cm³/mol. The second-order valence-corrected chi connectivity index (χ2v) is 11.6. The highest BCUT2D eigenvalue weighted by molar-refractivity contribution is 5.96. The lowest BCUT2D eigenvalue weighted by molar-refractivity contribution is -0.143. The van der Waals surface area contributed by atoms with Crippen molar-refractivity contribution in [1.29, 1.82) is 0 Å². The zero-order chi connectivity index (χ0) is 34.4. The fourth-order valence-corrected chi connectivity index (χ4v) is 4.12. The van der Waals surface area contributed by atoms with Crippen molar-refractivity contribution in [3.8, 4) is 0 Å². The van der Waals surface area contributed by atoms with Crippen LogP contribution in [0.4, 0.5) is 0 Å². The van der Waals surface area contributed by atoms with E-state index in [1.54, 1.807) is 58.0 Å². The van der Waals surface area contributed by atoms with Gasteiger partial charge in [-0.2, -0.15) is 0 Å². The van der Waals surface area contributed by atoms with E-state index in [9.17, 15) is 38.7 Å². The Morgan fingerprint density at radius 1 is 0.644 bits per heavy atom. The first-order chi connectivity index (χ1) is 20.9. The lowest BCUT2D eigenvalue weighted by atomic mass is 10.00. The molecule has 0 aromatic heterocycles. The first kappa shape index (κ1) is 38.5. The third-order valence-electron chi connectivity index (χ3n) is 6.84. The molecule has 0 saturated carbocycles. The molecule has 0 radical (unpaired) electrons. The van der Waals surface area contributed by atoms with E-state index in [4.69, 9.17) is 10.8 Å². The number of benzene rings is 1. The molecule has 250 valence electrons. The van der Waals surface area contributed by atoms with Crippen molar-refractivity contribution in [1.82, 2.24) is 26.6 Å². The first-order valence-electron chi connectivity index (χ1n) is 14.7. The number of carboxylic acid groups (broad SMARTS) is 2. The zero-order valence-corrected chi connectivity index (χ0v) is 26.5. The molecule has 1 rings (SSSR count). The number of carbonyl (C=O) groups excluding carboxylic acids is 5. The van der Waals surface area contributed by atoms with E-state index in [1.165, 1.54) is 13.8 Å². The van der Waals surface area contributed by atoms with Gasteiger partial charge in [0.05, 0.1) is 6.04 Å². The quantitative estimate of drug-likeness (QED) is 0.101. The number of amides is 5. The van der Waals surface area contributed by atoms with Gasteiger partial charge >= 0.3 is 11.9 Å². The smallest absolute Gasteiger partial charge is 0.326 e. The summed E-state index contributed by atoms with van der Waals surface area (Å²) in [5.41, 5.74) is 6.25. The number of carboxylic acids is 2. The number of rotatable bonds is 18. The molecule has 1 aromatic carbocycles. The lowest BCUT2D eigenvalue weighted by Crippen LogP contribution is -2.60. The van der Waals surface area contributed by atoms with Crippen LogP contribution in [0.3, 0.4) is 0 Å². The molecule has 0 bridgehead atoms. The highest BCUT2D eigenvalue weighted by Gasteiger charge is 2.33. The first-order valence-corrected chi connectivity index (χ1v) is 14.7. The van der Waals surface area contributed by atoms with Crippen LogP contribution in [-0.4, -0.2) is 87.9 Å². The van der Waals surface area contributed by atoms with Crippen LogP contribution in [0.25, 0.3) is 0 Å². The Kier molecular flexibility index (Phi) is 15.7. The average Bonchev–Trinajstić information content (AvgIpc) is 2.95. The van der Waals surface area contributed by atoms with Crippen molar-refractivity contribution in [2.75, 3.05) is 0 Å². The molecule has 5 amide bonds. The maximum Gasteiger partial charge on any atom is 0.326 e. The highest BCUT2D eigenvalue weighted by Crippen LogP contribution is 2.09. The molecule has 6 atom stereocenters. The molecule has 15 heteroatoms. The summed E-state index contributed by atoms with van der Waals surface area (Å²) in [4.78, 5) is 87.5. The number of nitrogens with two attached hydrogens (primary N) is 1. The van der Waals surface area contributed by atoms with E-state index in [2.05, 4.69) is 26.6 Å². The molecule has 0 fully saturated rings. The summed E-state index contributed by atoms with van der Waals surface area (Å²) in [6, 6.07) is 1.70. The molecule has 45 heavy (non-hydrogen) atoms. The van der Waals surface area contributed by atoms with Gasteiger partial charge in [-0.25, -0.2) is 4.79 Å². The summed E-state index contributed by atoms with van der Waals surface area (Å²) in [5.74, 6) is -7.06. The molecule has 0 aliphatic rings. The van der Waals surface area contributed by atoms with Gasteiger partial charge in [-0.15, -0.1) is 0 Å². The summed E-state index contributed by atoms with van der Waals surface area (Å²) in [7, 11) is 0.